The van der Waals surface area contributed by atoms with Crippen LogP contribution in [0, 0.1) is 0 Å². The van der Waals surface area contributed by atoms with Crippen LogP contribution in [0.3, 0.4) is 0 Å². The van der Waals surface area contributed by atoms with Gasteiger partial charge in [0.15, 0.2) is 17.0 Å². The third-order valence-corrected chi connectivity index (χ3v) is 12.6. The molecule has 234 valence electrons. The van der Waals surface area contributed by atoms with Crippen molar-refractivity contribution in [3.8, 4) is 0 Å². The molecular formula is C26H34N11O5PS. The van der Waals surface area contributed by atoms with Crippen molar-refractivity contribution in [3.63, 3.8) is 0 Å². The SMILES string of the molecule is CN(Cc1cnc2nc(N)nc(N)c2n1)c1ccc(C(=O)N[C@@H](CCC(=O)O)C(=O)O)cc1.S=P(N1CC1)(N1CC1)N1CC1. The van der Waals surface area contributed by atoms with Crippen LogP contribution in [0.1, 0.15) is 28.9 Å². The number of nitrogens with zero attached hydrogens (tertiary/aromatic N) is 8. The van der Waals surface area contributed by atoms with Crippen LogP contribution in [0.15, 0.2) is 30.5 Å². The monoisotopic (exact) mass is 643 g/mol. The van der Waals surface area contributed by atoms with Gasteiger partial charge in [0.05, 0.1) is 18.4 Å². The molecule has 16 nitrogen and oxygen atoms in total. The number of benzene rings is 1. The second-order valence-electron chi connectivity index (χ2n) is 10.6. The van der Waals surface area contributed by atoms with Crippen molar-refractivity contribution in [2.75, 3.05) is 62.7 Å². The number of carbonyl (C=O) groups is 3. The minimum Gasteiger partial charge on any atom is -0.481 e. The van der Waals surface area contributed by atoms with E-state index in [1.807, 2.05) is 11.9 Å². The minimum atomic E-state index is -1.30. The molecule has 3 saturated heterocycles. The van der Waals surface area contributed by atoms with Gasteiger partial charge in [-0.05, 0) is 42.5 Å². The van der Waals surface area contributed by atoms with E-state index < -0.39 is 30.4 Å². The molecule has 3 fully saturated rings. The Bertz CT molecular complexity index is 1580. The summed E-state index contributed by atoms with van der Waals surface area (Å²) in [4.78, 5) is 52.7. The quantitative estimate of drug-likeness (QED) is 0.133. The van der Waals surface area contributed by atoms with Gasteiger partial charge in [-0.2, -0.15) is 9.97 Å². The summed E-state index contributed by atoms with van der Waals surface area (Å²) < 4.78 is 7.47. The van der Waals surface area contributed by atoms with Gasteiger partial charge >= 0.3 is 11.9 Å². The highest BCUT2D eigenvalue weighted by Gasteiger charge is 2.50. The van der Waals surface area contributed by atoms with Crippen LogP contribution in [-0.2, 0) is 27.9 Å². The molecule has 44 heavy (non-hydrogen) atoms. The molecular weight excluding hydrogens is 609 g/mol. The molecule has 3 aromatic rings. The Balaban J connectivity index is 0.000000286. The summed E-state index contributed by atoms with van der Waals surface area (Å²) in [5.74, 6) is -2.91. The fraction of sp³-hybridized carbons (Fsp3) is 0.423. The van der Waals surface area contributed by atoms with Gasteiger partial charge in [0.25, 0.3) is 5.91 Å². The topological polar surface area (TPSA) is 220 Å². The number of aromatic nitrogens is 4. The maximum absolute atomic E-state index is 12.4. The van der Waals surface area contributed by atoms with Crippen molar-refractivity contribution >= 4 is 64.8 Å². The average molecular weight is 644 g/mol. The number of carboxylic acid groups (broad SMARTS) is 2. The van der Waals surface area contributed by atoms with Crippen molar-refractivity contribution < 1.29 is 24.6 Å². The second-order valence-corrected chi connectivity index (χ2v) is 14.8. The van der Waals surface area contributed by atoms with E-state index in [1.54, 1.807) is 18.3 Å². The molecule has 5 heterocycles. The Kier molecular flexibility index (Phi) is 9.22. The van der Waals surface area contributed by atoms with Crippen molar-refractivity contribution in [2.24, 2.45) is 0 Å². The highest BCUT2D eigenvalue weighted by atomic mass is 32.4. The lowest BCUT2D eigenvalue weighted by atomic mass is 10.1. The van der Waals surface area contributed by atoms with E-state index in [9.17, 15) is 19.5 Å². The minimum absolute atomic E-state index is 0.0138. The number of nitrogens with two attached hydrogens (primary N) is 2. The van der Waals surface area contributed by atoms with Crippen LogP contribution in [0.25, 0.3) is 11.2 Å². The first-order valence-corrected chi connectivity index (χ1v) is 16.6. The van der Waals surface area contributed by atoms with Crippen LogP contribution >= 0.6 is 6.49 Å². The number of carbonyl (C=O) groups excluding carboxylic acids is 1. The van der Waals surface area contributed by atoms with Gasteiger partial charge in [-0.3, -0.25) is 9.59 Å². The molecule has 0 saturated carbocycles. The molecule has 0 bridgehead atoms. The first kappa shape index (κ1) is 31.4. The summed E-state index contributed by atoms with van der Waals surface area (Å²) in [5.41, 5.74) is 13.7. The van der Waals surface area contributed by atoms with Crippen molar-refractivity contribution in [1.82, 2.24) is 39.3 Å². The Labute approximate surface area is 258 Å². The fourth-order valence-electron chi connectivity index (χ4n) is 4.48. The van der Waals surface area contributed by atoms with Gasteiger partial charge in [-0.25, -0.2) is 28.8 Å². The molecule has 2 aromatic heterocycles. The Morgan fingerprint density at radius 3 is 2.11 bits per heavy atom. The maximum Gasteiger partial charge on any atom is 0.326 e. The number of hydrogen-bond acceptors (Lipinski definition) is 11. The average Bonchev–Trinajstić information content (AvgIpc) is 3.84. The molecule has 3 aliphatic rings. The van der Waals surface area contributed by atoms with Crippen LogP contribution in [0.4, 0.5) is 17.5 Å². The van der Waals surface area contributed by atoms with Gasteiger partial charge in [-0.1, -0.05) is 0 Å². The van der Waals surface area contributed by atoms with Gasteiger partial charge in [-0.15, -0.1) is 0 Å². The first-order valence-electron chi connectivity index (χ1n) is 13.9. The summed E-state index contributed by atoms with van der Waals surface area (Å²) >= 11 is 5.75. The molecule has 6 rings (SSSR count). The summed E-state index contributed by atoms with van der Waals surface area (Å²) in [5, 5.41) is 20.2. The number of anilines is 3. The lowest BCUT2D eigenvalue weighted by Gasteiger charge is -2.25. The summed E-state index contributed by atoms with van der Waals surface area (Å²) in [7, 11) is 1.82. The van der Waals surface area contributed by atoms with Crippen molar-refractivity contribution in [2.45, 2.75) is 25.4 Å². The highest BCUT2D eigenvalue weighted by Crippen LogP contribution is 2.65. The molecule has 0 unspecified atom stereocenters. The Morgan fingerprint density at radius 2 is 1.59 bits per heavy atom. The summed E-state index contributed by atoms with van der Waals surface area (Å²) in [6.07, 6.45) is 0.964. The van der Waals surface area contributed by atoms with E-state index >= 15 is 0 Å². The highest BCUT2D eigenvalue weighted by molar-refractivity contribution is 8.11. The number of nitrogens with one attached hydrogen (secondary N) is 1. The molecule has 1 aromatic carbocycles. The normalized spacial score (nSPS) is 16.8. The Hall–Kier alpha value is -4.02. The van der Waals surface area contributed by atoms with Gasteiger partial charge in [0, 0.05) is 64.0 Å². The molecule has 0 spiro atoms. The first-order chi connectivity index (χ1) is 20.9. The number of aliphatic carboxylic acids is 2. The molecule has 18 heteroatoms. The van der Waals surface area contributed by atoms with Gasteiger partial charge in [0.1, 0.15) is 12.5 Å². The fourth-order valence-corrected chi connectivity index (χ4v) is 8.85. The standard InChI is InChI=1S/C20H22N8O5.C6H12N3PS/c1-28(9-11-8-23-17-15(24-11)16(21)26-20(22)27-17)12-4-2-10(3-5-12)18(31)25-13(19(32)33)6-7-14(29)30;11-10(7-1-2-7,8-3-4-8)9-5-6-9/h2-5,8,13H,6-7,9H2,1H3,(H,25,31)(H,29,30)(H,32,33)(H4,21,22,23,26,27);1-6H2/t13-;/m0./s1. The lowest BCUT2D eigenvalue weighted by Crippen LogP contribution is -2.41. The van der Waals surface area contributed by atoms with Gasteiger partial charge < -0.3 is 31.9 Å². The van der Waals surface area contributed by atoms with E-state index in [1.165, 1.54) is 51.4 Å². The van der Waals surface area contributed by atoms with Crippen LogP contribution in [0.2, 0.25) is 0 Å². The van der Waals surface area contributed by atoms with Crippen LogP contribution < -0.4 is 21.7 Å². The number of nitrogen functional groups attached to an aromatic ring is 2. The van der Waals surface area contributed by atoms with Crippen LogP contribution in [-0.4, -0.2) is 114 Å². The summed E-state index contributed by atoms with van der Waals surface area (Å²) in [6, 6.07) is 5.16. The second kappa shape index (κ2) is 12.9. The van der Waals surface area contributed by atoms with E-state index in [-0.39, 0.29) is 30.2 Å². The number of rotatable bonds is 12. The van der Waals surface area contributed by atoms with E-state index in [4.69, 9.17) is 28.4 Å². The zero-order valence-corrected chi connectivity index (χ0v) is 25.7. The molecule has 3 aliphatic heterocycles. The summed E-state index contributed by atoms with van der Waals surface area (Å²) in [6.45, 7) is 6.63. The zero-order valence-electron chi connectivity index (χ0n) is 24.0. The third-order valence-electron chi connectivity index (χ3n) is 7.10. The van der Waals surface area contributed by atoms with Gasteiger partial charge in [0.2, 0.25) is 5.95 Å². The predicted molar refractivity (Wildman–Crippen MR) is 167 cm³/mol. The largest absolute Gasteiger partial charge is 0.481 e. The maximum atomic E-state index is 12.4. The molecule has 1 amide bonds. The number of hydrogen-bond donors (Lipinski definition) is 5. The predicted octanol–water partition coefficient (Wildman–Crippen LogP) is 0.426. The number of amides is 1. The molecule has 0 radical (unpaired) electrons. The van der Waals surface area contributed by atoms with E-state index in [0.717, 1.165) is 5.69 Å². The molecule has 7 N–H and O–H groups in total. The van der Waals surface area contributed by atoms with Crippen LogP contribution in [0.5, 0.6) is 0 Å². The van der Waals surface area contributed by atoms with Crippen molar-refractivity contribution in [3.05, 3.63) is 41.7 Å². The van der Waals surface area contributed by atoms with E-state index in [2.05, 4.69) is 39.3 Å². The third kappa shape index (κ3) is 7.54. The molecule has 1 atom stereocenters. The van der Waals surface area contributed by atoms with E-state index in [0.29, 0.717) is 23.4 Å². The number of fused-ring (bicyclic) bond motifs is 1. The Morgan fingerprint density at radius 1 is 1.00 bits per heavy atom. The van der Waals surface area contributed by atoms with Crippen molar-refractivity contribution in [1.29, 1.82) is 0 Å². The molecule has 0 aliphatic carbocycles. The zero-order chi connectivity index (χ0) is 31.6. The number of carboxylic acids is 2. The lowest BCUT2D eigenvalue weighted by molar-refractivity contribution is -0.140. The smallest absolute Gasteiger partial charge is 0.326 e.